The number of rotatable bonds is 2. The number of benzene rings is 2. The van der Waals surface area contributed by atoms with Crippen LogP contribution in [0, 0.1) is 13.8 Å². The van der Waals surface area contributed by atoms with Crippen LogP contribution >= 0.6 is 0 Å². The average molecular weight is 312 g/mol. The Labute approximate surface area is 158 Å². The Morgan fingerprint density at radius 3 is 1.68 bits per heavy atom. The minimum atomic E-state index is -0.259. The first-order valence-electron chi connectivity index (χ1n) is 7.79. The van der Waals surface area contributed by atoms with Crippen molar-refractivity contribution in [1.82, 2.24) is 0 Å². The Bertz CT molecular complexity index is 714. The van der Waals surface area contributed by atoms with Crippen LogP contribution in [0.4, 0.5) is 0 Å². The van der Waals surface area contributed by atoms with E-state index in [1.165, 1.54) is 22.3 Å². The molecule has 22 heavy (non-hydrogen) atoms. The minimum absolute atomic E-state index is 0. The molecule has 2 aliphatic carbocycles. The summed E-state index contributed by atoms with van der Waals surface area (Å²) in [6, 6.07) is 13.5. The molecule has 0 radical (unpaired) electrons. The summed E-state index contributed by atoms with van der Waals surface area (Å²) >= 11 is 0. The molecule has 0 saturated carbocycles. The summed E-state index contributed by atoms with van der Waals surface area (Å²) in [5, 5.41) is 0. The van der Waals surface area contributed by atoms with E-state index in [0.717, 1.165) is 0 Å². The van der Waals surface area contributed by atoms with Crippen LogP contribution in [0.2, 0.25) is 0 Å². The van der Waals surface area contributed by atoms with Crippen molar-refractivity contribution in [2.45, 2.75) is 24.9 Å². The minimum Gasteiger partial charge on any atom is -1.00 e. The smallest absolute Gasteiger partial charge is 1.00 e. The van der Waals surface area contributed by atoms with Gasteiger partial charge in [0.1, 0.15) is 0 Å². The number of aryl methyl sites for hydroxylation is 2. The van der Waals surface area contributed by atoms with E-state index in [1.54, 1.807) is 11.1 Å². The molecule has 4 rings (SSSR count). The maximum absolute atomic E-state index is 2.45. The molecule has 0 aliphatic heterocycles. The fourth-order valence-corrected chi connectivity index (χ4v) is 6.18. The fourth-order valence-electron chi connectivity index (χ4n) is 3.83. The molecule has 2 aromatic rings. The molecular weight excluding hydrogens is 291 g/mol. The zero-order chi connectivity index (χ0) is 14.4. The van der Waals surface area contributed by atoms with E-state index in [9.17, 15) is 0 Å². The molecule has 2 unspecified atom stereocenters. The van der Waals surface area contributed by atoms with Crippen molar-refractivity contribution in [3.8, 4) is 0 Å². The van der Waals surface area contributed by atoms with Crippen LogP contribution in [0.15, 0.2) is 48.6 Å². The number of allylic oxidation sites excluding steroid dienone is 2. The van der Waals surface area contributed by atoms with Crippen LogP contribution in [0.3, 0.4) is 0 Å². The van der Waals surface area contributed by atoms with E-state index in [2.05, 4.69) is 74.5 Å². The first-order chi connectivity index (χ1) is 10.2. The van der Waals surface area contributed by atoms with Crippen molar-refractivity contribution in [2.24, 2.45) is 0 Å². The van der Waals surface area contributed by atoms with Gasteiger partial charge in [0.15, 0.2) is 0 Å². The van der Waals surface area contributed by atoms with E-state index < -0.39 is 0 Å². The summed E-state index contributed by atoms with van der Waals surface area (Å²) in [5.74, 6) is 0. The third-order valence-corrected chi connectivity index (χ3v) is 7.45. The van der Waals surface area contributed by atoms with Gasteiger partial charge in [-0.25, -0.2) is 0 Å². The van der Waals surface area contributed by atoms with Crippen molar-refractivity contribution >= 4 is 21.7 Å². The number of hydrogen-bond donors (Lipinski definition) is 0. The second kappa shape index (κ2) is 6.33. The van der Waals surface area contributed by atoms with Gasteiger partial charge in [0.05, 0.1) is 0 Å². The Hall–Kier alpha value is -0.863. The van der Waals surface area contributed by atoms with Crippen LogP contribution in [-0.2, 0) is 0 Å². The predicted octanol–water partition coefficient (Wildman–Crippen LogP) is 1.42. The van der Waals surface area contributed by atoms with Crippen LogP contribution < -0.4 is 29.6 Å². The summed E-state index contributed by atoms with van der Waals surface area (Å²) in [6.07, 6.45) is 9.59. The molecule has 2 aromatic carbocycles. The molecule has 0 N–H and O–H groups in total. The van der Waals surface area contributed by atoms with E-state index in [-0.39, 0.29) is 40.5 Å². The number of hydrogen-bond acceptors (Lipinski definition) is 0. The summed E-state index contributed by atoms with van der Waals surface area (Å²) in [5.41, 5.74) is 10.3. The molecule has 0 aromatic heterocycles. The van der Waals surface area contributed by atoms with Crippen LogP contribution in [-0.4, -0.2) is 9.52 Å². The summed E-state index contributed by atoms with van der Waals surface area (Å²) in [6.45, 7) is 4.45. The number of fused-ring (bicyclic) bond motifs is 2. The Morgan fingerprint density at radius 1 is 0.773 bits per heavy atom. The van der Waals surface area contributed by atoms with Gasteiger partial charge in [-0.3, -0.25) is 0 Å². The molecule has 0 spiro atoms. The summed E-state index contributed by atoms with van der Waals surface area (Å²) < 4.78 is 0. The third-order valence-electron chi connectivity index (χ3n) is 5.01. The van der Waals surface area contributed by atoms with Gasteiger partial charge in [0.25, 0.3) is 0 Å². The first-order valence-corrected chi connectivity index (χ1v) is 9.43. The van der Waals surface area contributed by atoms with Crippen LogP contribution in [0.25, 0.3) is 12.2 Å². The molecular formula is C20H21NaSi. The average Bonchev–Trinajstić information content (AvgIpc) is 3.07. The maximum atomic E-state index is 2.45. The second-order valence-corrected chi connectivity index (χ2v) is 8.55. The van der Waals surface area contributed by atoms with Gasteiger partial charge in [-0.2, -0.15) is 0 Å². The van der Waals surface area contributed by atoms with Gasteiger partial charge in [0.2, 0.25) is 0 Å². The van der Waals surface area contributed by atoms with Gasteiger partial charge in [0, 0.05) is 9.52 Å². The van der Waals surface area contributed by atoms with E-state index >= 15 is 0 Å². The zero-order valence-electron chi connectivity index (χ0n) is 14.6. The topological polar surface area (TPSA) is 0 Å². The van der Waals surface area contributed by atoms with Crippen molar-refractivity contribution in [3.63, 3.8) is 0 Å². The van der Waals surface area contributed by atoms with E-state index in [1.807, 2.05) is 0 Å². The Morgan fingerprint density at radius 2 is 1.23 bits per heavy atom. The molecule has 0 amide bonds. The Kier molecular flexibility index (Phi) is 4.61. The molecule has 0 heterocycles. The quantitative estimate of drug-likeness (QED) is 0.736. The second-order valence-electron chi connectivity index (χ2n) is 6.32. The fraction of sp³-hybridized carbons (Fsp3) is 0.200. The normalized spacial score (nSPS) is 21.2. The van der Waals surface area contributed by atoms with Gasteiger partial charge in [-0.15, -0.1) is 0 Å². The molecule has 0 saturated heterocycles. The van der Waals surface area contributed by atoms with Crippen molar-refractivity contribution < 1.29 is 31.0 Å². The van der Waals surface area contributed by atoms with Crippen molar-refractivity contribution in [2.75, 3.05) is 0 Å². The first kappa shape index (κ1) is 16.0. The van der Waals surface area contributed by atoms with Crippen molar-refractivity contribution in [1.29, 1.82) is 0 Å². The van der Waals surface area contributed by atoms with Crippen molar-refractivity contribution in [3.05, 3.63) is 81.9 Å². The molecule has 0 bridgehead atoms. The molecule has 0 fully saturated rings. The summed E-state index contributed by atoms with van der Waals surface area (Å²) in [7, 11) is -0.259. The van der Waals surface area contributed by atoms with Gasteiger partial charge in [-0.05, 0) is 58.3 Å². The van der Waals surface area contributed by atoms with Gasteiger partial charge >= 0.3 is 29.6 Å². The maximum Gasteiger partial charge on any atom is 1.00 e. The SMILES string of the molecule is Cc1cccc2c1C=CC2[SiH2]C1C=Cc2c(C)cccc21.[H-].[Na+]. The monoisotopic (exact) mass is 312 g/mol. The molecule has 2 heteroatoms. The molecule has 2 aliphatic rings. The van der Waals surface area contributed by atoms with Gasteiger partial charge in [-0.1, -0.05) is 60.7 Å². The predicted molar refractivity (Wildman–Crippen MR) is 95.6 cm³/mol. The molecule has 2 atom stereocenters. The van der Waals surface area contributed by atoms with Gasteiger partial charge < -0.3 is 1.43 Å². The van der Waals surface area contributed by atoms with Crippen LogP contribution in [0.1, 0.15) is 45.9 Å². The third kappa shape index (κ3) is 2.61. The largest absolute Gasteiger partial charge is 1.00 e. The molecule has 0 nitrogen and oxygen atoms in total. The Balaban J connectivity index is 0.000000960. The van der Waals surface area contributed by atoms with E-state index in [0.29, 0.717) is 11.1 Å². The standard InChI is InChI=1S/C20H20Si.Na.H/c1-13-5-3-7-17-15(13)9-11-19(17)21-20-12-10-16-14(2)6-4-8-18(16)20;;/h3-12,19-20H,21H2,1-2H3;;/q;+1;-1. The van der Waals surface area contributed by atoms with E-state index in [4.69, 9.17) is 0 Å². The summed E-state index contributed by atoms with van der Waals surface area (Å²) in [4.78, 5) is 0. The zero-order valence-corrected chi connectivity index (χ0v) is 17.0. The van der Waals surface area contributed by atoms with Crippen LogP contribution in [0.5, 0.6) is 0 Å². The molecule has 106 valence electrons.